The zero-order valence-corrected chi connectivity index (χ0v) is 15.1. The molecule has 7 heteroatoms. The van der Waals surface area contributed by atoms with E-state index < -0.39 is 23.6 Å². The molecule has 3 N–H and O–H groups in total. The fraction of sp³-hybridized carbons (Fsp3) is 0.556. The van der Waals surface area contributed by atoms with Gasteiger partial charge in [0.15, 0.2) is 0 Å². The molecule has 0 aliphatic carbocycles. The topological polar surface area (TPSA) is 93.9 Å². The van der Waals surface area contributed by atoms with Crippen molar-refractivity contribution in [1.29, 1.82) is 0 Å². The highest BCUT2D eigenvalue weighted by molar-refractivity contribution is 5.84. The lowest BCUT2D eigenvalue weighted by atomic mass is 10.0. The smallest absolute Gasteiger partial charge is 0.408 e. The molecule has 0 spiro atoms. The van der Waals surface area contributed by atoms with Gasteiger partial charge >= 0.3 is 6.09 Å². The van der Waals surface area contributed by atoms with E-state index >= 15 is 0 Å². The predicted octanol–water partition coefficient (Wildman–Crippen LogP) is 1.44. The number of hydrogen-bond donors (Lipinski definition) is 2. The summed E-state index contributed by atoms with van der Waals surface area (Å²) < 4.78 is 10.5. The van der Waals surface area contributed by atoms with Crippen molar-refractivity contribution in [1.82, 2.24) is 5.32 Å². The summed E-state index contributed by atoms with van der Waals surface area (Å²) in [6, 6.07) is 7.08. The zero-order chi connectivity index (χ0) is 18.4. The number of carbonyl (C=O) groups excluding carboxylic acids is 2. The molecule has 1 saturated heterocycles. The fourth-order valence-electron chi connectivity index (χ4n) is 2.57. The average molecular weight is 349 g/mol. The van der Waals surface area contributed by atoms with E-state index in [1.165, 1.54) is 0 Å². The van der Waals surface area contributed by atoms with E-state index in [9.17, 15) is 9.59 Å². The summed E-state index contributed by atoms with van der Waals surface area (Å²) in [5, 5.41) is 2.54. The van der Waals surface area contributed by atoms with Crippen LogP contribution in [0.2, 0.25) is 0 Å². The molecule has 1 aromatic carbocycles. The van der Waals surface area contributed by atoms with Gasteiger partial charge in [-0.1, -0.05) is 12.1 Å². The number of primary amides is 1. The van der Waals surface area contributed by atoms with Crippen LogP contribution in [0, 0.1) is 0 Å². The third-order valence-corrected chi connectivity index (χ3v) is 3.79. The molecule has 0 radical (unpaired) electrons. The first kappa shape index (κ1) is 19.1. The number of nitrogens with one attached hydrogen (secondary N) is 1. The van der Waals surface area contributed by atoms with Gasteiger partial charge in [-0.05, 0) is 38.5 Å². The monoisotopic (exact) mass is 349 g/mol. The number of morpholine rings is 1. The van der Waals surface area contributed by atoms with Crippen molar-refractivity contribution in [3.05, 3.63) is 29.8 Å². The SMILES string of the molecule is CC(C)(C)OC(=O)NC(Cc1ccc(N2CCOCC2)cc1)C(N)=O. The van der Waals surface area contributed by atoms with E-state index in [4.69, 9.17) is 15.2 Å². The first-order chi connectivity index (χ1) is 11.7. The molecule has 2 amide bonds. The first-order valence-electron chi connectivity index (χ1n) is 8.45. The van der Waals surface area contributed by atoms with E-state index in [1.807, 2.05) is 24.3 Å². The molecular formula is C18H27N3O4. The predicted molar refractivity (Wildman–Crippen MR) is 95.5 cm³/mol. The standard InChI is InChI=1S/C18H27N3O4/c1-18(2,3)25-17(23)20-15(16(19)22)12-13-4-6-14(7-5-13)21-8-10-24-11-9-21/h4-7,15H,8-12H2,1-3H3,(H2,19,22)(H,20,23). The molecule has 138 valence electrons. The van der Waals surface area contributed by atoms with Crippen LogP contribution in [-0.4, -0.2) is 49.9 Å². The minimum atomic E-state index is -0.816. The van der Waals surface area contributed by atoms with Gasteiger partial charge < -0.3 is 25.4 Å². The Morgan fingerprint density at radius 3 is 2.36 bits per heavy atom. The number of nitrogens with two attached hydrogens (primary N) is 1. The van der Waals surface area contributed by atoms with Gasteiger partial charge in [0.2, 0.25) is 5.91 Å². The van der Waals surface area contributed by atoms with Crippen molar-refractivity contribution < 1.29 is 19.1 Å². The summed E-state index contributed by atoms with van der Waals surface area (Å²) in [6.07, 6.45) is -0.334. The highest BCUT2D eigenvalue weighted by atomic mass is 16.6. The Hall–Kier alpha value is -2.28. The van der Waals surface area contributed by atoms with Crippen LogP contribution in [0.4, 0.5) is 10.5 Å². The zero-order valence-electron chi connectivity index (χ0n) is 15.1. The Morgan fingerprint density at radius 2 is 1.84 bits per heavy atom. The van der Waals surface area contributed by atoms with E-state index in [0.29, 0.717) is 6.42 Å². The number of carbonyl (C=O) groups is 2. The van der Waals surface area contributed by atoms with Crippen LogP contribution in [0.25, 0.3) is 0 Å². The normalized spacial score (nSPS) is 16.2. The molecule has 0 bridgehead atoms. The van der Waals surface area contributed by atoms with Crippen LogP contribution < -0.4 is 16.0 Å². The summed E-state index contributed by atoms with van der Waals surface area (Å²) in [6.45, 7) is 8.46. The maximum atomic E-state index is 11.9. The lowest BCUT2D eigenvalue weighted by Gasteiger charge is -2.29. The molecule has 1 fully saturated rings. The van der Waals surface area contributed by atoms with Gasteiger partial charge in [-0.25, -0.2) is 4.79 Å². The van der Waals surface area contributed by atoms with E-state index in [1.54, 1.807) is 20.8 Å². The van der Waals surface area contributed by atoms with Crippen molar-refractivity contribution in [3.63, 3.8) is 0 Å². The highest BCUT2D eigenvalue weighted by Crippen LogP contribution is 2.17. The summed E-state index contributed by atoms with van der Waals surface area (Å²) in [4.78, 5) is 25.8. The summed E-state index contributed by atoms with van der Waals surface area (Å²) in [5.74, 6) is -0.594. The largest absolute Gasteiger partial charge is 0.444 e. The van der Waals surface area contributed by atoms with Crippen molar-refractivity contribution >= 4 is 17.7 Å². The molecule has 0 aromatic heterocycles. The molecule has 1 unspecified atom stereocenters. The maximum absolute atomic E-state index is 11.9. The Kier molecular flexibility index (Phi) is 6.25. The minimum Gasteiger partial charge on any atom is -0.444 e. The number of amides is 2. The van der Waals surface area contributed by atoms with E-state index in [-0.39, 0.29) is 0 Å². The second kappa shape index (κ2) is 8.20. The Morgan fingerprint density at radius 1 is 1.24 bits per heavy atom. The van der Waals surface area contributed by atoms with Gasteiger partial charge in [0.1, 0.15) is 11.6 Å². The Labute approximate surface area is 148 Å². The fourth-order valence-corrected chi connectivity index (χ4v) is 2.57. The van der Waals surface area contributed by atoms with Crippen molar-refractivity contribution in [2.24, 2.45) is 5.73 Å². The highest BCUT2D eigenvalue weighted by Gasteiger charge is 2.23. The third kappa shape index (κ3) is 6.26. The molecule has 1 aliphatic rings. The number of nitrogens with zero attached hydrogens (tertiary/aromatic N) is 1. The number of hydrogen-bond acceptors (Lipinski definition) is 5. The second-order valence-corrected chi connectivity index (χ2v) is 7.07. The van der Waals surface area contributed by atoms with Crippen LogP contribution in [0.3, 0.4) is 0 Å². The minimum absolute atomic E-state index is 0.317. The molecule has 25 heavy (non-hydrogen) atoms. The summed E-state index contributed by atoms with van der Waals surface area (Å²) in [5.41, 5.74) is 6.81. The third-order valence-electron chi connectivity index (χ3n) is 3.79. The van der Waals surface area contributed by atoms with Gasteiger partial charge in [-0.15, -0.1) is 0 Å². The molecular weight excluding hydrogens is 322 g/mol. The number of rotatable bonds is 5. The molecule has 0 saturated carbocycles. The van der Waals surface area contributed by atoms with Crippen LogP contribution in [-0.2, 0) is 20.7 Å². The number of benzene rings is 1. The molecule has 2 rings (SSSR count). The van der Waals surface area contributed by atoms with Gasteiger partial charge in [0.05, 0.1) is 13.2 Å². The number of alkyl carbamates (subject to hydrolysis) is 1. The Bertz CT molecular complexity index is 589. The maximum Gasteiger partial charge on any atom is 0.408 e. The van der Waals surface area contributed by atoms with Crippen LogP contribution in [0.1, 0.15) is 26.3 Å². The summed E-state index contributed by atoms with van der Waals surface area (Å²) in [7, 11) is 0. The van der Waals surface area contributed by atoms with Gasteiger partial charge in [-0.3, -0.25) is 4.79 Å². The molecule has 1 heterocycles. The van der Waals surface area contributed by atoms with Gasteiger partial charge in [0, 0.05) is 25.2 Å². The molecule has 7 nitrogen and oxygen atoms in total. The average Bonchev–Trinajstić information content (AvgIpc) is 2.54. The second-order valence-electron chi connectivity index (χ2n) is 7.07. The van der Waals surface area contributed by atoms with Crippen molar-refractivity contribution in [2.75, 3.05) is 31.2 Å². The van der Waals surface area contributed by atoms with Crippen molar-refractivity contribution in [2.45, 2.75) is 38.8 Å². The van der Waals surface area contributed by atoms with E-state index in [0.717, 1.165) is 37.6 Å². The van der Waals surface area contributed by atoms with Crippen LogP contribution in [0.15, 0.2) is 24.3 Å². The summed E-state index contributed by atoms with van der Waals surface area (Å²) >= 11 is 0. The molecule has 1 atom stereocenters. The quantitative estimate of drug-likeness (QED) is 0.839. The van der Waals surface area contributed by atoms with Gasteiger partial charge in [0.25, 0.3) is 0 Å². The van der Waals surface area contributed by atoms with Crippen molar-refractivity contribution in [3.8, 4) is 0 Å². The van der Waals surface area contributed by atoms with Gasteiger partial charge in [-0.2, -0.15) is 0 Å². The number of ether oxygens (including phenoxy) is 2. The van der Waals surface area contributed by atoms with E-state index in [2.05, 4.69) is 10.2 Å². The van der Waals surface area contributed by atoms with Crippen LogP contribution >= 0.6 is 0 Å². The first-order valence-corrected chi connectivity index (χ1v) is 8.45. The molecule has 1 aliphatic heterocycles. The lowest BCUT2D eigenvalue weighted by Crippen LogP contribution is -2.47. The Balaban J connectivity index is 1.97. The molecule has 1 aromatic rings. The number of anilines is 1. The van der Waals surface area contributed by atoms with Crippen LogP contribution in [0.5, 0.6) is 0 Å². The lowest BCUT2D eigenvalue weighted by molar-refractivity contribution is -0.120.